The van der Waals surface area contributed by atoms with Gasteiger partial charge in [-0.1, -0.05) is 37.3 Å². The monoisotopic (exact) mass is 274 g/mol. The van der Waals surface area contributed by atoms with Gasteiger partial charge in [-0.25, -0.2) is 0 Å². The van der Waals surface area contributed by atoms with Crippen molar-refractivity contribution in [2.24, 2.45) is 17.6 Å². The van der Waals surface area contributed by atoms with E-state index in [-0.39, 0.29) is 11.8 Å². The number of benzene rings is 1. The van der Waals surface area contributed by atoms with Crippen molar-refractivity contribution < 1.29 is 4.79 Å². The summed E-state index contributed by atoms with van der Waals surface area (Å²) in [5.74, 6) is 0.955. The van der Waals surface area contributed by atoms with Gasteiger partial charge < -0.3 is 10.6 Å². The molecule has 0 radical (unpaired) electrons. The molecule has 2 unspecified atom stereocenters. The van der Waals surface area contributed by atoms with Gasteiger partial charge in [-0.3, -0.25) is 4.79 Å². The van der Waals surface area contributed by atoms with Crippen molar-refractivity contribution in [1.29, 1.82) is 0 Å². The standard InChI is InChI=1S/C17H26N2O/c1-13(10-11-18)17(20)19(14(2)16-8-9-16)12-15-6-4-3-5-7-15/h3-7,13-14,16H,8-12,18H2,1-2H3. The molecule has 0 aromatic heterocycles. The quantitative estimate of drug-likeness (QED) is 0.831. The lowest BCUT2D eigenvalue weighted by atomic mass is 10.0. The van der Waals surface area contributed by atoms with Crippen LogP contribution in [0.1, 0.15) is 38.7 Å². The minimum absolute atomic E-state index is 0.0184. The van der Waals surface area contributed by atoms with Gasteiger partial charge in [0.15, 0.2) is 0 Å². The Morgan fingerprint density at radius 3 is 2.50 bits per heavy atom. The van der Waals surface area contributed by atoms with E-state index in [4.69, 9.17) is 5.73 Å². The number of hydrogen-bond acceptors (Lipinski definition) is 2. The van der Waals surface area contributed by atoms with Gasteiger partial charge >= 0.3 is 0 Å². The summed E-state index contributed by atoms with van der Waals surface area (Å²) in [6.45, 7) is 5.47. The summed E-state index contributed by atoms with van der Waals surface area (Å²) in [4.78, 5) is 14.7. The second-order valence-electron chi connectivity index (χ2n) is 6.01. The van der Waals surface area contributed by atoms with Gasteiger partial charge in [0.25, 0.3) is 0 Å². The molecule has 1 aromatic carbocycles. The molecule has 0 bridgehead atoms. The van der Waals surface area contributed by atoms with Gasteiger partial charge in [0.05, 0.1) is 0 Å². The van der Waals surface area contributed by atoms with E-state index >= 15 is 0 Å². The third-order valence-corrected chi connectivity index (χ3v) is 4.30. The number of amides is 1. The third-order valence-electron chi connectivity index (χ3n) is 4.30. The van der Waals surface area contributed by atoms with Gasteiger partial charge in [-0.15, -0.1) is 0 Å². The average Bonchev–Trinajstić information content (AvgIpc) is 3.29. The van der Waals surface area contributed by atoms with Gasteiger partial charge in [0.1, 0.15) is 0 Å². The van der Waals surface area contributed by atoms with Crippen molar-refractivity contribution in [3.05, 3.63) is 35.9 Å². The predicted molar refractivity (Wildman–Crippen MR) is 82.0 cm³/mol. The molecule has 1 fully saturated rings. The molecule has 0 spiro atoms. The molecule has 0 aliphatic heterocycles. The van der Waals surface area contributed by atoms with E-state index in [0.29, 0.717) is 25.0 Å². The van der Waals surface area contributed by atoms with Crippen LogP contribution >= 0.6 is 0 Å². The van der Waals surface area contributed by atoms with Crippen LogP contribution < -0.4 is 5.73 Å². The second kappa shape index (κ2) is 6.89. The first-order valence-corrected chi connectivity index (χ1v) is 7.68. The summed E-state index contributed by atoms with van der Waals surface area (Å²) >= 11 is 0. The molecule has 3 heteroatoms. The number of rotatable bonds is 7. The fourth-order valence-electron chi connectivity index (χ4n) is 2.69. The molecule has 110 valence electrons. The number of carbonyl (C=O) groups is 1. The molecule has 1 aromatic rings. The highest BCUT2D eigenvalue weighted by Crippen LogP contribution is 2.36. The Morgan fingerprint density at radius 1 is 1.30 bits per heavy atom. The largest absolute Gasteiger partial charge is 0.335 e. The number of hydrogen-bond donors (Lipinski definition) is 1. The molecule has 1 amide bonds. The Morgan fingerprint density at radius 2 is 1.95 bits per heavy atom. The predicted octanol–water partition coefficient (Wildman–Crippen LogP) is 2.80. The zero-order valence-corrected chi connectivity index (χ0v) is 12.6. The van der Waals surface area contributed by atoms with Gasteiger partial charge in [-0.2, -0.15) is 0 Å². The molecule has 2 atom stereocenters. The van der Waals surface area contributed by atoms with Gasteiger partial charge in [-0.05, 0) is 44.2 Å². The SMILES string of the molecule is CC(CCN)C(=O)N(Cc1ccccc1)C(C)C1CC1. The molecular formula is C17H26N2O. The normalized spacial score (nSPS) is 17.6. The smallest absolute Gasteiger partial charge is 0.225 e. The fraction of sp³-hybridized carbons (Fsp3) is 0.588. The molecule has 20 heavy (non-hydrogen) atoms. The third kappa shape index (κ3) is 3.83. The van der Waals surface area contributed by atoms with E-state index in [9.17, 15) is 4.79 Å². The van der Waals surface area contributed by atoms with Gasteiger partial charge in [0.2, 0.25) is 5.91 Å². The van der Waals surface area contributed by atoms with E-state index < -0.39 is 0 Å². The van der Waals surface area contributed by atoms with Crippen LogP contribution in [-0.2, 0) is 11.3 Å². The summed E-state index contributed by atoms with van der Waals surface area (Å²) in [6, 6.07) is 10.6. The van der Waals surface area contributed by atoms with Crippen molar-refractivity contribution in [3.8, 4) is 0 Å². The van der Waals surface area contributed by atoms with Crippen LogP contribution in [0.25, 0.3) is 0 Å². The Bertz CT molecular complexity index is 428. The lowest BCUT2D eigenvalue weighted by Crippen LogP contribution is -2.42. The van der Waals surface area contributed by atoms with Crippen LogP contribution in [-0.4, -0.2) is 23.4 Å². The van der Waals surface area contributed by atoms with Crippen molar-refractivity contribution >= 4 is 5.91 Å². The zero-order chi connectivity index (χ0) is 14.5. The van der Waals surface area contributed by atoms with Crippen molar-refractivity contribution in [2.75, 3.05) is 6.54 Å². The van der Waals surface area contributed by atoms with Crippen molar-refractivity contribution in [1.82, 2.24) is 4.90 Å². The summed E-state index contributed by atoms with van der Waals surface area (Å²) in [5.41, 5.74) is 6.80. The van der Waals surface area contributed by atoms with Crippen LogP contribution in [0.5, 0.6) is 0 Å². The Balaban J connectivity index is 2.09. The first-order valence-electron chi connectivity index (χ1n) is 7.68. The first kappa shape index (κ1) is 15.0. The molecule has 3 nitrogen and oxygen atoms in total. The Labute approximate surface area is 122 Å². The van der Waals surface area contributed by atoms with E-state index in [0.717, 1.165) is 6.42 Å². The molecule has 2 N–H and O–H groups in total. The maximum Gasteiger partial charge on any atom is 0.225 e. The molecule has 0 saturated heterocycles. The Kier molecular flexibility index (Phi) is 5.18. The number of nitrogens with zero attached hydrogens (tertiary/aromatic N) is 1. The van der Waals surface area contributed by atoms with Crippen LogP contribution in [0.2, 0.25) is 0 Å². The topological polar surface area (TPSA) is 46.3 Å². The highest BCUT2D eigenvalue weighted by atomic mass is 16.2. The van der Waals surface area contributed by atoms with E-state index in [1.807, 2.05) is 25.1 Å². The highest BCUT2D eigenvalue weighted by molar-refractivity contribution is 5.78. The summed E-state index contributed by atoms with van der Waals surface area (Å²) in [6.07, 6.45) is 3.28. The van der Waals surface area contributed by atoms with Crippen LogP contribution in [0.3, 0.4) is 0 Å². The molecule has 0 heterocycles. The second-order valence-corrected chi connectivity index (χ2v) is 6.01. The van der Waals surface area contributed by atoms with Crippen LogP contribution in [0.15, 0.2) is 30.3 Å². The van der Waals surface area contributed by atoms with E-state index in [1.165, 1.54) is 18.4 Å². The minimum Gasteiger partial charge on any atom is -0.335 e. The maximum atomic E-state index is 12.7. The maximum absolute atomic E-state index is 12.7. The fourth-order valence-corrected chi connectivity index (χ4v) is 2.69. The number of nitrogens with two attached hydrogens (primary N) is 1. The van der Waals surface area contributed by atoms with Crippen LogP contribution in [0.4, 0.5) is 0 Å². The van der Waals surface area contributed by atoms with E-state index in [2.05, 4.69) is 24.0 Å². The molecule has 1 aliphatic rings. The van der Waals surface area contributed by atoms with Crippen LogP contribution in [0, 0.1) is 11.8 Å². The van der Waals surface area contributed by atoms with E-state index in [1.54, 1.807) is 0 Å². The van der Waals surface area contributed by atoms with Gasteiger partial charge in [0, 0.05) is 18.5 Å². The van der Waals surface area contributed by atoms with Crippen molar-refractivity contribution in [3.63, 3.8) is 0 Å². The molecule has 1 aliphatic carbocycles. The lowest BCUT2D eigenvalue weighted by molar-refractivity contribution is -0.138. The number of carbonyl (C=O) groups excluding carboxylic acids is 1. The molecule has 2 rings (SSSR count). The average molecular weight is 274 g/mol. The molecule has 1 saturated carbocycles. The molecular weight excluding hydrogens is 248 g/mol. The summed E-state index contributed by atoms with van der Waals surface area (Å²) in [5, 5.41) is 0. The van der Waals surface area contributed by atoms with Crippen molar-refractivity contribution in [2.45, 2.75) is 45.7 Å². The minimum atomic E-state index is 0.0184. The highest BCUT2D eigenvalue weighted by Gasteiger charge is 2.35. The summed E-state index contributed by atoms with van der Waals surface area (Å²) < 4.78 is 0. The summed E-state index contributed by atoms with van der Waals surface area (Å²) in [7, 11) is 0. The first-order chi connectivity index (χ1) is 9.63. The Hall–Kier alpha value is -1.35. The zero-order valence-electron chi connectivity index (χ0n) is 12.6. The lowest BCUT2D eigenvalue weighted by Gasteiger charge is -2.32.